The zero-order valence-corrected chi connectivity index (χ0v) is 14.3. The van der Waals surface area contributed by atoms with Crippen LogP contribution in [0, 0.1) is 17.8 Å². The van der Waals surface area contributed by atoms with Crippen LogP contribution in [0.3, 0.4) is 0 Å². The molecule has 1 saturated carbocycles. The molecule has 120 valence electrons. The first-order chi connectivity index (χ1) is 10.5. The SMILES string of the molecule is CC(C)/C=C/c1ccc(C(=O)NC2CCCC(C)C2C)cc1. The number of nitrogens with one attached hydrogen (secondary N) is 1. The molecular weight excluding hydrogens is 270 g/mol. The van der Waals surface area contributed by atoms with Crippen LogP contribution in [-0.4, -0.2) is 11.9 Å². The van der Waals surface area contributed by atoms with Gasteiger partial charge in [-0.15, -0.1) is 0 Å². The van der Waals surface area contributed by atoms with E-state index in [4.69, 9.17) is 0 Å². The van der Waals surface area contributed by atoms with Gasteiger partial charge in [0, 0.05) is 11.6 Å². The third-order valence-corrected chi connectivity index (χ3v) is 4.87. The highest BCUT2D eigenvalue weighted by molar-refractivity contribution is 5.94. The number of hydrogen-bond acceptors (Lipinski definition) is 1. The van der Waals surface area contributed by atoms with Gasteiger partial charge in [0.25, 0.3) is 5.91 Å². The summed E-state index contributed by atoms with van der Waals surface area (Å²) in [5.41, 5.74) is 1.90. The Morgan fingerprint density at radius 1 is 1.18 bits per heavy atom. The molecule has 0 aromatic heterocycles. The van der Waals surface area contributed by atoms with Crippen LogP contribution in [0.25, 0.3) is 6.08 Å². The molecule has 0 spiro atoms. The van der Waals surface area contributed by atoms with Gasteiger partial charge in [-0.2, -0.15) is 0 Å². The van der Waals surface area contributed by atoms with E-state index in [2.05, 4.69) is 45.2 Å². The van der Waals surface area contributed by atoms with E-state index in [1.807, 2.05) is 24.3 Å². The van der Waals surface area contributed by atoms with Crippen LogP contribution in [0.1, 0.15) is 62.9 Å². The van der Waals surface area contributed by atoms with Gasteiger partial charge >= 0.3 is 0 Å². The number of carbonyl (C=O) groups excluding carboxylic acids is 1. The first-order valence-corrected chi connectivity index (χ1v) is 8.56. The third-order valence-electron chi connectivity index (χ3n) is 4.87. The molecule has 0 bridgehead atoms. The predicted octanol–water partition coefficient (Wildman–Crippen LogP) is 4.91. The summed E-state index contributed by atoms with van der Waals surface area (Å²) in [6, 6.07) is 8.19. The summed E-state index contributed by atoms with van der Waals surface area (Å²) in [5.74, 6) is 1.86. The normalized spacial score (nSPS) is 25.6. The number of rotatable bonds is 4. The Bertz CT molecular complexity index is 515. The van der Waals surface area contributed by atoms with Crippen LogP contribution < -0.4 is 5.32 Å². The minimum atomic E-state index is 0.0605. The highest BCUT2D eigenvalue weighted by atomic mass is 16.1. The highest BCUT2D eigenvalue weighted by Gasteiger charge is 2.28. The monoisotopic (exact) mass is 299 g/mol. The smallest absolute Gasteiger partial charge is 0.251 e. The van der Waals surface area contributed by atoms with E-state index in [-0.39, 0.29) is 5.91 Å². The minimum Gasteiger partial charge on any atom is -0.349 e. The molecule has 1 aliphatic rings. The Labute approximate surface area is 135 Å². The van der Waals surface area contributed by atoms with E-state index in [1.54, 1.807) is 0 Å². The van der Waals surface area contributed by atoms with Crippen molar-refractivity contribution in [2.45, 2.75) is 53.0 Å². The molecule has 3 atom stereocenters. The average Bonchev–Trinajstić information content (AvgIpc) is 2.50. The average molecular weight is 299 g/mol. The predicted molar refractivity (Wildman–Crippen MR) is 93.7 cm³/mol. The molecule has 0 saturated heterocycles. The molecule has 2 heteroatoms. The lowest BCUT2D eigenvalue weighted by Crippen LogP contribution is -2.43. The van der Waals surface area contributed by atoms with Gasteiger partial charge in [-0.25, -0.2) is 0 Å². The molecule has 1 aromatic rings. The summed E-state index contributed by atoms with van der Waals surface area (Å²) < 4.78 is 0. The molecule has 0 radical (unpaired) electrons. The fraction of sp³-hybridized carbons (Fsp3) is 0.550. The van der Waals surface area contributed by atoms with E-state index >= 15 is 0 Å². The highest BCUT2D eigenvalue weighted by Crippen LogP contribution is 2.29. The van der Waals surface area contributed by atoms with Gasteiger partial charge < -0.3 is 5.32 Å². The van der Waals surface area contributed by atoms with Crippen LogP contribution >= 0.6 is 0 Å². The topological polar surface area (TPSA) is 29.1 Å². The molecule has 1 aromatic carbocycles. The van der Waals surface area contributed by atoms with E-state index in [0.29, 0.717) is 23.8 Å². The van der Waals surface area contributed by atoms with Gasteiger partial charge in [-0.1, -0.05) is 64.8 Å². The lowest BCUT2D eigenvalue weighted by atomic mass is 9.78. The molecule has 3 unspecified atom stereocenters. The Hall–Kier alpha value is -1.57. The summed E-state index contributed by atoms with van der Waals surface area (Å²) in [6.45, 7) is 8.86. The zero-order chi connectivity index (χ0) is 16.1. The number of hydrogen-bond donors (Lipinski definition) is 1. The van der Waals surface area contributed by atoms with Gasteiger partial charge in [0.05, 0.1) is 0 Å². The van der Waals surface area contributed by atoms with Gasteiger partial charge in [0.1, 0.15) is 0 Å². The molecule has 1 aliphatic carbocycles. The summed E-state index contributed by atoms with van der Waals surface area (Å²) >= 11 is 0. The Kier molecular flexibility index (Phi) is 5.82. The molecule has 2 nitrogen and oxygen atoms in total. The van der Waals surface area contributed by atoms with Gasteiger partial charge in [0.2, 0.25) is 0 Å². The van der Waals surface area contributed by atoms with Crippen molar-refractivity contribution in [2.75, 3.05) is 0 Å². The van der Waals surface area contributed by atoms with E-state index in [0.717, 1.165) is 17.5 Å². The largest absolute Gasteiger partial charge is 0.349 e. The molecule has 1 fully saturated rings. The van der Waals surface area contributed by atoms with Crippen LogP contribution in [0.5, 0.6) is 0 Å². The summed E-state index contributed by atoms with van der Waals surface area (Å²) in [4.78, 5) is 12.4. The minimum absolute atomic E-state index is 0.0605. The first kappa shape index (κ1) is 16.8. The zero-order valence-electron chi connectivity index (χ0n) is 14.3. The number of carbonyl (C=O) groups is 1. The molecule has 22 heavy (non-hydrogen) atoms. The Morgan fingerprint density at radius 3 is 2.50 bits per heavy atom. The standard InChI is InChI=1S/C20H29NO/c1-14(2)8-9-17-10-12-18(13-11-17)20(22)21-19-7-5-6-15(3)16(19)4/h8-16,19H,5-7H2,1-4H3,(H,21,22)/b9-8+. The summed E-state index contributed by atoms with van der Waals surface area (Å²) in [7, 11) is 0. The van der Waals surface area contributed by atoms with Crippen molar-refractivity contribution in [3.05, 3.63) is 41.5 Å². The maximum atomic E-state index is 12.4. The second-order valence-corrected chi connectivity index (χ2v) is 7.07. The van der Waals surface area contributed by atoms with E-state index in [1.165, 1.54) is 12.8 Å². The van der Waals surface area contributed by atoms with Crippen molar-refractivity contribution in [1.29, 1.82) is 0 Å². The van der Waals surface area contributed by atoms with Gasteiger partial charge in [-0.3, -0.25) is 4.79 Å². The number of allylic oxidation sites excluding steroid dienone is 1. The van der Waals surface area contributed by atoms with Crippen molar-refractivity contribution in [2.24, 2.45) is 17.8 Å². The van der Waals surface area contributed by atoms with Crippen molar-refractivity contribution in [3.8, 4) is 0 Å². The molecule has 1 N–H and O–H groups in total. The first-order valence-electron chi connectivity index (χ1n) is 8.56. The fourth-order valence-electron chi connectivity index (χ4n) is 3.09. The van der Waals surface area contributed by atoms with Crippen LogP contribution in [0.4, 0.5) is 0 Å². The van der Waals surface area contributed by atoms with Crippen LogP contribution in [0.2, 0.25) is 0 Å². The second-order valence-electron chi connectivity index (χ2n) is 7.07. The van der Waals surface area contributed by atoms with Crippen LogP contribution in [0.15, 0.2) is 30.3 Å². The Balaban J connectivity index is 1.98. The summed E-state index contributed by atoms with van der Waals surface area (Å²) in [6.07, 6.45) is 7.88. The number of benzene rings is 1. The van der Waals surface area contributed by atoms with Crippen molar-refractivity contribution in [3.63, 3.8) is 0 Å². The molecular formula is C20H29NO. The third kappa shape index (κ3) is 4.46. The van der Waals surface area contributed by atoms with Gasteiger partial charge in [0.15, 0.2) is 0 Å². The lowest BCUT2D eigenvalue weighted by molar-refractivity contribution is 0.0891. The Morgan fingerprint density at radius 2 is 1.86 bits per heavy atom. The van der Waals surface area contributed by atoms with E-state index < -0.39 is 0 Å². The van der Waals surface area contributed by atoms with Gasteiger partial charge in [-0.05, 0) is 41.9 Å². The van der Waals surface area contributed by atoms with Crippen LogP contribution in [-0.2, 0) is 0 Å². The van der Waals surface area contributed by atoms with Crippen molar-refractivity contribution < 1.29 is 4.79 Å². The maximum absolute atomic E-state index is 12.4. The van der Waals surface area contributed by atoms with Crippen molar-refractivity contribution in [1.82, 2.24) is 5.32 Å². The lowest BCUT2D eigenvalue weighted by Gasteiger charge is -2.34. The fourth-order valence-corrected chi connectivity index (χ4v) is 3.09. The molecule has 1 amide bonds. The number of amides is 1. The van der Waals surface area contributed by atoms with E-state index in [9.17, 15) is 4.79 Å². The quantitative estimate of drug-likeness (QED) is 0.841. The molecule has 2 rings (SSSR count). The second kappa shape index (κ2) is 7.62. The molecule has 0 aliphatic heterocycles. The molecule has 0 heterocycles. The maximum Gasteiger partial charge on any atom is 0.251 e. The summed E-state index contributed by atoms with van der Waals surface area (Å²) in [5, 5.41) is 3.23. The van der Waals surface area contributed by atoms with Crippen molar-refractivity contribution >= 4 is 12.0 Å².